The molecule has 2 fully saturated rings. The van der Waals surface area contributed by atoms with Crippen LogP contribution in [0.4, 0.5) is 0 Å². The lowest BCUT2D eigenvalue weighted by Crippen LogP contribution is -2.49. The van der Waals surface area contributed by atoms with Gasteiger partial charge in [-0.1, -0.05) is 0 Å². The Balaban J connectivity index is 1.87. The fraction of sp³-hybridized carbons (Fsp3) is 0.909. The van der Waals surface area contributed by atoms with Crippen molar-refractivity contribution in [1.29, 1.82) is 0 Å². The molecule has 2 rings (SSSR count). The SMILES string of the molecule is O=C(C1CCOCC1)N1CCOC(CCl)C1. The molecule has 0 spiro atoms. The lowest BCUT2D eigenvalue weighted by Gasteiger charge is -2.35. The summed E-state index contributed by atoms with van der Waals surface area (Å²) in [5, 5.41) is 0. The molecule has 0 bridgehead atoms. The average molecular weight is 248 g/mol. The number of hydrogen-bond acceptors (Lipinski definition) is 3. The quantitative estimate of drug-likeness (QED) is 0.680. The van der Waals surface area contributed by atoms with Gasteiger partial charge in [0.15, 0.2) is 0 Å². The zero-order valence-corrected chi connectivity index (χ0v) is 10.1. The van der Waals surface area contributed by atoms with Gasteiger partial charge in [0.05, 0.1) is 18.6 Å². The van der Waals surface area contributed by atoms with Crippen LogP contribution in [0.1, 0.15) is 12.8 Å². The Morgan fingerprint density at radius 3 is 2.75 bits per heavy atom. The Kier molecular flexibility index (Phi) is 4.44. The van der Waals surface area contributed by atoms with Crippen LogP contribution in [0.25, 0.3) is 0 Å². The molecule has 2 aliphatic heterocycles. The molecular weight excluding hydrogens is 230 g/mol. The van der Waals surface area contributed by atoms with E-state index >= 15 is 0 Å². The van der Waals surface area contributed by atoms with Gasteiger partial charge in [-0.3, -0.25) is 4.79 Å². The Morgan fingerprint density at radius 2 is 2.06 bits per heavy atom. The van der Waals surface area contributed by atoms with Gasteiger partial charge in [0.25, 0.3) is 0 Å². The molecule has 0 aromatic heterocycles. The third kappa shape index (κ3) is 2.87. The molecule has 16 heavy (non-hydrogen) atoms. The van der Waals surface area contributed by atoms with Gasteiger partial charge in [0.1, 0.15) is 0 Å². The van der Waals surface area contributed by atoms with Gasteiger partial charge in [0.2, 0.25) is 5.91 Å². The van der Waals surface area contributed by atoms with Crippen molar-refractivity contribution in [2.24, 2.45) is 5.92 Å². The molecule has 0 saturated carbocycles. The van der Waals surface area contributed by atoms with E-state index in [1.165, 1.54) is 0 Å². The summed E-state index contributed by atoms with van der Waals surface area (Å²) in [5.41, 5.74) is 0. The second kappa shape index (κ2) is 5.84. The average Bonchev–Trinajstić information content (AvgIpc) is 2.39. The van der Waals surface area contributed by atoms with E-state index in [0.717, 1.165) is 12.8 Å². The number of rotatable bonds is 2. The minimum Gasteiger partial charge on any atom is -0.381 e. The molecule has 2 aliphatic rings. The zero-order chi connectivity index (χ0) is 11.4. The molecule has 0 aromatic carbocycles. The van der Waals surface area contributed by atoms with Crippen molar-refractivity contribution >= 4 is 17.5 Å². The largest absolute Gasteiger partial charge is 0.381 e. The molecular formula is C11H18ClNO3. The van der Waals surface area contributed by atoms with Crippen LogP contribution in [0.5, 0.6) is 0 Å². The van der Waals surface area contributed by atoms with E-state index in [4.69, 9.17) is 21.1 Å². The van der Waals surface area contributed by atoms with Crippen LogP contribution < -0.4 is 0 Å². The number of halogens is 1. The van der Waals surface area contributed by atoms with E-state index in [2.05, 4.69) is 0 Å². The van der Waals surface area contributed by atoms with Gasteiger partial charge in [-0.2, -0.15) is 0 Å². The summed E-state index contributed by atoms with van der Waals surface area (Å²) in [6.07, 6.45) is 1.70. The van der Waals surface area contributed by atoms with Gasteiger partial charge >= 0.3 is 0 Å². The summed E-state index contributed by atoms with van der Waals surface area (Å²) in [4.78, 5) is 14.1. The number of morpholine rings is 1. The number of ether oxygens (including phenoxy) is 2. The first kappa shape index (κ1) is 12.1. The number of carbonyl (C=O) groups is 1. The van der Waals surface area contributed by atoms with Crippen LogP contribution in [0, 0.1) is 5.92 Å². The summed E-state index contributed by atoms with van der Waals surface area (Å²) in [7, 11) is 0. The molecule has 4 nitrogen and oxygen atoms in total. The second-order valence-corrected chi connectivity index (χ2v) is 4.63. The Morgan fingerprint density at radius 1 is 1.31 bits per heavy atom. The number of hydrogen-bond donors (Lipinski definition) is 0. The number of alkyl halides is 1. The fourth-order valence-electron chi connectivity index (χ4n) is 2.22. The van der Waals surface area contributed by atoms with E-state index in [-0.39, 0.29) is 17.9 Å². The summed E-state index contributed by atoms with van der Waals surface area (Å²) >= 11 is 5.75. The molecule has 2 heterocycles. The minimum atomic E-state index is -0.000734. The van der Waals surface area contributed by atoms with Crippen LogP contribution in [-0.4, -0.2) is 55.7 Å². The van der Waals surface area contributed by atoms with Crippen molar-refractivity contribution < 1.29 is 14.3 Å². The highest BCUT2D eigenvalue weighted by Crippen LogP contribution is 2.19. The van der Waals surface area contributed by atoms with Crippen molar-refractivity contribution in [1.82, 2.24) is 4.90 Å². The van der Waals surface area contributed by atoms with Crippen LogP contribution >= 0.6 is 11.6 Å². The molecule has 1 amide bonds. The predicted octanol–water partition coefficient (Wildman–Crippen LogP) is 0.879. The molecule has 2 saturated heterocycles. The lowest BCUT2D eigenvalue weighted by molar-refractivity contribution is -0.145. The molecule has 92 valence electrons. The Labute approximate surface area is 101 Å². The maximum atomic E-state index is 12.2. The van der Waals surface area contributed by atoms with E-state index < -0.39 is 0 Å². The fourth-order valence-corrected chi connectivity index (χ4v) is 2.40. The zero-order valence-electron chi connectivity index (χ0n) is 9.36. The third-order valence-electron chi connectivity index (χ3n) is 3.19. The van der Waals surface area contributed by atoms with E-state index in [1.807, 2.05) is 4.90 Å². The topological polar surface area (TPSA) is 38.8 Å². The summed E-state index contributed by atoms with van der Waals surface area (Å²) in [6.45, 7) is 3.36. The van der Waals surface area contributed by atoms with Crippen LogP contribution in [0.3, 0.4) is 0 Å². The van der Waals surface area contributed by atoms with Crippen molar-refractivity contribution in [2.75, 3.05) is 38.8 Å². The molecule has 0 aromatic rings. The standard InChI is InChI=1S/C11H18ClNO3/c12-7-10-8-13(3-6-16-10)11(14)9-1-4-15-5-2-9/h9-10H,1-8H2. The van der Waals surface area contributed by atoms with E-state index in [9.17, 15) is 4.79 Å². The smallest absolute Gasteiger partial charge is 0.226 e. The van der Waals surface area contributed by atoms with Crippen molar-refractivity contribution in [3.8, 4) is 0 Å². The number of amides is 1. The first-order valence-corrected chi connectivity index (χ1v) is 6.39. The summed E-state index contributed by atoms with van der Waals surface area (Å²) in [5.74, 6) is 0.849. The van der Waals surface area contributed by atoms with Crippen molar-refractivity contribution in [2.45, 2.75) is 18.9 Å². The monoisotopic (exact) mass is 247 g/mol. The van der Waals surface area contributed by atoms with Gasteiger partial charge in [0, 0.05) is 32.2 Å². The van der Waals surface area contributed by atoms with Gasteiger partial charge < -0.3 is 14.4 Å². The minimum absolute atomic E-state index is 0.000734. The number of nitrogens with zero attached hydrogens (tertiary/aromatic N) is 1. The molecule has 1 atom stereocenters. The maximum Gasteiger partial charge on any atom is 0.226 e. The Bertz CT molecular complexity index is 243. The van der Waals surface area contributed by atoms with Gasteiger partial charge in [-0.25, -0.2) is 0 Å². The van der Waals surface area contributed by atoms with Crippen molar-refractivity contribution in [3.63, 3.8) is 0 Å². The highest BCUT2D eigenvalue weighted by atomic mass is 35.5. The summed E-state index contributed by atoms with van der Waals surface area (Å²) in [6, 6.07) is 0. The van der Waals surface area contributed by atoms with Crippen LogP contribution in [-0.2, 0) is 14.3 Å². The van der Waals surface area contributed by atoms with Gasteiger partial charge in [-0.15, -0.1) is 11.6 Å². The highest BCUT2D eigenvalue weighted by molar-refractivity contribution is 6.18. The molecule has 5 heteroatoms. The number of carbonyl (C=O) groups excluding carboxylic acids is 1. The lowest BCUT2D eigenvalue weighted by atomic mass is 9.98. The predicted molar refractivity (Wildman–Crippen MR) is 60.6 cm³/mol. The maximum absolute atomic E-state index is 12.2. The Hall–Kier alpha value is -0.320. The van der Waals surface area contributed by atoms with E-state index in [0.29, 0.717) is 38.8 Å². The first-order chi connectivity index (χ1) is 7.81. The normalized spacial score (nSPS) is 28.1. The van der Waals surface area contributed by atoms with Crippen LogP contribution in [0.2, 0.25) is 0 Å². The first-order valence-electron chi connectivity index (χ1n) is 5.85. The van der Waals surface area contributed by atoms with Crippen molar-refractivity contribution in [3.05, 3.63) is 0 Å². The third-order valence-corrected chi connectivity index (χ3v) is 3.54. The molecule has 1 unspecified atom stereocenters. The highest BCUT2D eigenvalue weighted by Gasteiger charge is 2.29. The van der Waals surface area contributed by atoms with Crippen LogP contribution in [0.15, 0.2) is 0 Å². The summed E-state index contributed by atoms with van der Waals surface area (Å²) < 4.78 is 10.7. The molecule has 0 N–H and O–H groups in total. The second-order valence-electron chi connectivity index (χ2n) is 4.32. The van der Waals surface area contributed by atoms with E-state index in [1.54, 1.807) is 0 Å². The van der Waals surface area contributed by atoms with Gasteiger partial charge in [-0.05, 0) is 12.8 Å². The molecule has 0 radical (unpaired) electrons. The molecule has 0 aliphatic carbocycles.